The summed E-state index contributed by atoms with van der Waals surface area (Å²) < 4.78 is 11.2. The van der Waals surface area contributed by atoms with Gasteiger partial charge in [-0.3, -0.25) is 4.90 Å². The Morgan fingerprint density at radius 3 is 2.52 bits per heavy atom. The van der Waals surface area contributed by atoms with E-state index in [-0.39, 0.29) is 12.2 Å². The van der Waals surface area contributed by atoms with Crippen LogP contribution >= 0.6 is 11.6 Å². The van der Waals surface area contributed by atoms with Gasteiger partial charge in [0.1, 0.15) is 0 Å². The summed E-state index contributed by atoms with van der Waals surface area (Å²) in [7, 11) is 0. The van der Waals surface area contributed by atoms with E-state index in [2.05, 4.69) is 18.7 Å². The molecule has 1 heterocycles. The summed E-state index contributed by atoms with van der Waals surface area (Å²) in [6.07, 6.45) is -0.0401. The zero-order valence-corrected chi connectivity index (χ0v) is 13.4. The van der Waals surface area contributed by atoms with E-state index in [9.17, 15) is 5.11 Å². The van der Waals surface area contributed by atoms with Crippen molar-refractivity contribution in [1.82, 2.24) is 4.90 Å². The number of hydrogen-bond donors (Lipinski definition) is 1. The Morgan fingerprint density at radius 1 is 1.29 bits per heavy atom. The van der Waals surface area contributed by atoms with Gasteiger partial charge < -0.3 is 14.6 Å². The molecule has 1 aliphatic rings. The lowest BCUT2D eigenvalue weighted by Crippen LogP contribution is -2.48. The van der Waals surface area contributed by atoms with Crippen molar-refractivity contribution in [3.8, 4) is 0 Å². The molecule has 1 aromatic carbocycles. The molecular weight excluding hydrogens is 290 g/mol. The summed E-state index contributed by atoms with van der Waals surface area (Å²) in [6.45, 7) is 7.29. The van der Waals surface area contributed by atoms with E-state index in [1.165, 1.54) is 0 Å². The molecule has 1 fully saturated rings. The maximum Gasteiger partial charge on any atom is 0.0900 e. The van der Waals surface area contributed by atoms with Crippen LogP contribution in [0.15, 0.2) is 24.3 Å². The van der Waals surface area contributed by atoms with Crippen LogP contribution in [-0.2, 0) is 16.1 Å². The Hall–Kier alpha value is -0.650. The lowest BCUT2D eigenvalue weighted by Gasteiger charge is -2.36. The molecule has 1 saturated heterocycles. The second kappa shape index (κ2) is 8.11. The average Bonchev–Trinajstić information content (AvgIpc) is 2.39. The molecule has 0 aromatic heterocycles. The highest BCUT2D eigenvalue weighted by Crippen LogP contribution is 2.12. The minimum Gasteiger partial charge on any atom is -0.389 e. The second-order valence-corrected chi connectivity index (χ2v) is 6.21. The van der Waals surface area contributed by atoms with Gasteiger partial charge in [-0.05, 0) is 31.5 Å². The standard InChI is InChI=1S/C16H24ClNO3/c1-12-7-18(8-13(2)21-12)9-16(19)11-20-10-14-3-5-15(17)6-4-14/h3-6,12-13,16,19H,7-11H2,1-2H3/t12-,13-,16-/m1/s1. The van der Waals surface area contributed by atoms with Crippen LogP contribution in [0.2, 0.25) is 5.02 Å². The number of benzene rings is 1. The number of ether oxygens (including phenoxy) is 2. The third-order valence-electron chi connectivity index (χ3n) is 3.46. The Balaban J connectivity index is 1.67. The van der Waals surface area contributed by atoms with Crippen LogP contribution in [-0.4, -0.2) is 54.6 Å². The molecule has 0 spiro atoms. The normalized spacial score (nSPS) is 25.0. The zero-order chi connectivity index (χ0) is 15.2. The first-order chi connectivity index (χ1) is 10.0. The highest BCUT2D eigenvalue weighted by Gasteiger charge is 2.23. The molecule has 3 atom stereocenters. The maximum atomic E-state index is 10.1. The van der Waals surface area contributed by atoms with Crippen molar-refractivity contribution in [2.45, 2.75) is 38.8 Å². The predicted octanol–water partition coefficient (Wildman–Crippen LogP) is 2.33. The Bertz CT molecular complexity index is 416. The maximum absolute atomic E-state index is 10.1. The molecule has 0 unspecified atom stereocenters. The SMILES string of the molecule is C[C@@H]1CN(C[C@@H](O)COCc2ccc(Cl)cc2)C[C@@H](C)O1. The highest BCUT2D eigenvalue weighted by atomic mass is 35.5. The van der Waals surface area contributed by atoms with Crippen molar-refractivity contribution in [1.29, 1.82) is 0 Å². The van der Waals surface area contributed by atoms with Crippen LogP contribution in [0.25, 0.3) is 0 Å². The van der Waals surface area contributed by atoms with Gasteiger partial charge in [0.2, 0.25) is 0 Å². The molecule has 5 heteroatoms. The molecule has 2 rings (SSSR count). The minimum absolute atomic E-state index is 0.218. The van der Waals surface area contributed by atoms with Gasteiger partial charge in [-0.2, -0.15) is 0 Å². The van der Waals surface area contributed by atoms with E-state index < -0.39 is 6.10 Å². The molecule has 21 heavy (non-hydrogen) atoms. The molecular formula is C16H24ClNO3. The number of β-amino-alcohol motifs (C(OH)–C–C–N with tert-alkyl or cyclic N) is 1. The molecule has 0 saturated carbocycles. The molecule has 1 aromatic rings. The van der Waals surface area contributed by atoms with Crippen molar-refractivity contribution in [2.75, 3.05) is 26.2 Å². The largest absolute Gasteiger partial charge is 0.389 e. The van der Waals surface area contributed by atoms with Crippen molar-refractivity contribution >= 4 is 11.6 Å². The minimum atomic E-state index is -0.477. The number of morpholine rings is 1. The average molecular weight is 314 g/mol. The molecule has 4 nitrogen and oxygen atoms in total. The third kappa shape index (κ3) is 5.93. The molecule has 0 aliphatic carbocycles. The van der Waals surface area contributed by atoms with Crippen molar-refractivity contribution in [2.24, 2.45) is 0 Å². The zero-order valence-electron chi connectivity index (χ0n) is 12.7. The van der Waals surface area contributed by atoms with Gasteiger partial charge in [0, 0.05) is 24.7 Å². The number of aliphatic hydroxyl groups is 1. The fraction of sp³-hybridized carbons (Fsp3) is 0.625. The van der Waals surface area contributed by atoms with Gasteiger partial charge >= 0.3 is 0 Å². The van der Waals surface area contributed by atoms with Gasteiger partial charge in [0.25, 0.3) is 0 Å². The number of halogens is 1. The first kappa shape index (κ1) is 16.7. The molecule has 118 valence electrons. The molecule has 1 aliphatic heterocycles. The van der Waals surface area contributed by atoms with Gasteiger partial charge in [-0.25, -0.2) is 0 Å². The van der Waals surface area contributed by atoms with Crippen LogP contribution in [0.3, 0.4) is 0 Å². The molecule has 0 amide bonds. The summed E-state index contributed by atoms with van der Waals surface area (Å²) >= 11 is 5.83. The molecule has 1 N–H and O–H groups in total. The first-order valence-corrected chi connectivity index (χ1v) is 7.79. The number of aliphatic hydroxyl groups excluding tert-OH is 1. The fourth-order valence-electron chi connectivity index (χ4n) is 2.68. The van der Waals surface area contributed by atoms with E-state index in [4.69, 9.17) is 21.1 Å². The van der Waals surface area contributed by atoms with Gasteiger partial charge in [-0.15, -0.1) is 0 Å². The second-order valence-electron chi connectivity index (χ2n) is 5.77. The van der Waals surface area contributed by atoms with E-state index in [1.54, 1.807) is 0 Å². The number of nitrogens with zero attached hydrogens (tertiary/aromatic N) is 1. The predicted molar refractivity (Wildman–Crippen MR) is 83.6 cm³/mol. The molecule has 0 bridgehead atoms. The van der Waals surface area contributed by atoms with Gasteiger partial charge in [0.05, 0.1) is 31.5 Å². The highest BCUT2D eigenvalue weighted by molar-refractivity contribution is 6.30. The summed E-state index contributed by atoms with van der Waals surface area (Å²) in [6, 6.07) is 7.54. The topological polar surface area (TPSA) is 41.9 Å². The van der Waals surface area contributed by atoms with Crippen LogP contribution in [0.1, 0.15) is 19.4 Å². The van der Waals surface area contributed by atoms with E-state index in [1.807, 2.05) is 24.3 Å². The fourth-order valence-corrected chi connectivity index (χ4v) is 2.80. The van der Waals surface area contributed by atoms with Gasteiger partial charge in [-0.1, -0.05) is 23.7 Å². The lowest BCUT2D eigenvalue weighted by atomic mass is 10.2. The third-order valence-corrected chi connectivity index (χ3v) is 3.71. The Kier molecular flexibility index (Phi) is 6.45. The van der Waals surface area contributed by atoms with Crippen LogP contribution < -0.4 is 0 Å². The smallest absolute Gasteiger partial charge is 0.0900 e. The monoisotopic (exact) mass is 313 g/mol. The van der Waals surface area contributed by atoms with E-state index in [0.717, 1.165) is 18.7 Å². The van der Waals surface area contributed by atoms with E-state index >= 15 is 0 Å². The molecule has 0 radical (unpaired) electrons. The summed E-state index contributed by atoms with van der Waals surface area (Å²) in [5.74, 6) is 0. The van der Waals surface area contributed by atoms with Gasteiger partial charge in [0.15, 0.2) is 0 Å². The van der Waals surface area contributed by atoms with Crippen LogP contribution in [0, 0.1) is 0 Å². The van der Waals surface area contributed by atoms with Crippen molar-refractivity contribution < 1.29 is 14.6 Å². The summed E-state index contributed by atoms with van der Waals surface area (Å²) in [5.41, 5.74) is 1.06. The summed E-state index contributed by atoms with van der Waals surface area (Å²) in [4.78, 5) is 2.23. The van der Waals surface area contributed by atoms with Crippen molar-refractivity contribution in [3.05, 3.63) is 34.9 Å². The van der Waals surface area contributed by atoms with Crippen molar-refractivity contribution in [3.63, 3.8) is 0 Å². The first-order valence-electron chi connectivity index (χ1n) is 7.41. The quantitative estimate of drug-likeness (QED) is 0.875. The number of hydrogen-bond acceptors (Lipinski definition) is 4. The number of rotatable bonds is 6. The summed E-state index contributed by atoms with van der Waals surface area (Å²) in [5, 5.41) is 10.8. The van der Waals surface area contributed by atoms with Crippen LogP contribution in [0.4, 0.5) is 0 Å². The lowest BCUT2D eigenvalue weighted by molar-refractivity contribution is -0.0826. The van der Waals surface area contributed by atoms with E-state index in [0.29, 0.717) is 24.8 Å². The Labute approximate surface area is 131 Å². The Morgan fingerprint density at radius 2 is 1.90 bits per heavy atom. The van der Waals surface area contributed by atoms with Crippen LogP contribution in [0.5, 0.6) is 0 Å².